The molecule has 1 aliphatic heterocycles. The van der Waals surface area contributed by atoms with Gasteiger partial charge in [-0.25, -0.2) is 0 Å². The van der Waals surface area contributed by atoms with Gasteiger partial charge in [0.1, 0.15) is 0 Å². The third-order valence-corrected chi connectivity index (χ3v) is 4.37. The van der Waals surface area contributed by atoms with E-state index >= 15 is 0 Å². The number of fused-ring (bicyclic) bond motifs is 1. The monoisotopic (exact) mass is 336 g/mol. The summed E-state index contributed by atoms with van der Waals surface area (Å²) in [6.07, 6.45) is 2.15. The summed E-state index contributed by atoms with van der Waals surface area (Å²) in [6, 6.07) is 5.70. The fourth-order valence-corrected chi connectivity index (χ4v) is 2.94. The van der Waals surface area contributed by atoms with Crippen LogP contribution >= 0.6 is 11.6 Å². The number of hydrogen-bond donors (Lipinski definition) is 1. The van der Waals surface area contributed by atoms with E-state index in [4.69, 9.17) is 16.3 Å². The Morgan fingerprint density at radius 1 is 1.30 bits per heavy atom. The van der Waals surface area contributed by atoms with Crippen molar-refractivity contribution in [1.29, 1.82) is 0 Å². The SMILES string of the molecule is O=C(CCn1ncc2c(Cl)cccc21)NCCN1CCOCC1. The minimum atomic E-state index is 0.0453. The number of carbonyl (C=O) groups is 1. The van der Waals surface area contributed by atoms with E-state index in [0.29, 0.717) is 24.5 Å². The van der Waals surface area contributed by atoms with Crippen LogP contribution in [0.15, 0.2) is 24.4 Å². The molecule has 0 aliphatic carbocycles. The molecule has 1 aromatic carbocycles. The van der Waals surface area contributed by atoms with Gasteiger partial charge in [-0.2, -0.15) is 5.10 Å². The predicted molar refractivity (Wildman–Crippen MR) is 89.6 cm³/mol. The molecule has 124 valence electrons. The van der Waals surface area contributed by atoms with E-state index in [1.54, 1.807) is 6.20 Å². The summed E-state index contributed by atoms with van der Waals surface area (Å²) >= 11 is 6.13. The Labute approximate surface area is 140 Å². The fraction of sp³-hybridized carbons (Fsp3) is 0.500. The molecule has 1 fully saturated rings. The highest BCUT2D eigenvalue weighted by Gasteiger charge is 2.11. The lowest BCUT2D eigenvalue weighted by molar-refractivity contribution is -0.121. The van der Waals surface area contributed by atoms with Crippen LogP contribution in [0.2, 0.25) is 5.02 Å². The highest BCUT2D eigenvalue weighted by Crippen LogP contribution is 2.22. The van der Waals surface area contributed by atoms with Crippen molar-refractivity contribution >= 4 is 28.4 Å². The molecule has 1 N–H and O–H groups in total. The van der Waals surface area contributed by atoms with Gasteiger partial charge in [0.15, 0.2) is 0 Å². The predicted octanol–water partition coefficient (Wildman–Crippen LogP) is 1.53. The zero-order valence-electron chi connectivity index (χ0n) is 13.0. The molecule has 0 saturated carbocycles. The number of carbonyl (C=O) groups excluding carboxylic acids is 1. The zero-order chi connectivity index (χ0) is 16.1. The van der Waals surface area contributed by atoms with Crippen molar-refractivity contribution in [3.05, 3.63) is 29.4 Å². The fourth-order valence-electron chi connectivity index (χ4n) is 2.72. The van der Waals surface area contributed by atoms with E-state index in [-0.39, 0.29) is 5.91 Å². The molecule has 23 heavy (non-hydrogen) atoms. The van der Waals surface area contributed by atoms with E-state index in [1.807, 2.05) is 22.9 Å². The Hall–Kier alpha value is -1.63. The number of amides is 1. The van der Waals surface area contributed by atoms with Crippen molar-refractivity contribution in [3.63, 3.8) is 0 Å². The number of nitrogens with zero attached hydrogens (tertiary/aromatic N) is 3. The van der Waals surface area contributed by atoms with Crippen LogP contribution in [0, 0.1) is 0 Å². The Balaban J connectivity index is 1.44. The van der Waals surface area contributed by atoms with Gasteiger partial charge in [0.2, 0.25) is 5.91 Å². The van der Waals surface area contributed by atoms with Crippen molar-refractivity contribution in [3.8, 4) is 0 Å². The molecule has 0 spiro atoms. The molecule has 2 heterocycles. The minimum absolute atomic E-state index is 0.0453. The number of benzene rings is 1. The molecule has 1 saturated heterocycles. The van der Waals surface area contributed by atoms with Gasteiger partial charge in [-0.3, -0.25) is 14.4 Å². The highest BCUT2D eigenvalue weighted by atomic mass is 35.5. The van der Waals surface area contributed by atoms with Crippen molar-refractivity contribution in [1.82, 2.24) is 20.0 Å². The van der Waals surface area contributed by atoms with Gasteiger partial charge in [0.05, 0.1) is 36.5 Å². The summed E-state index contributed by atoms with van der Waals surface area (Å²) in [7, 11) is 0. The second-order valence-corrected chi connectivity index (χ2v) is 6.00. The average molecular weight is 337 g/mol. The van der Waals surface area contributed by atoms with Crippen LogP contribution in [0.4, 0.5) is 0 Å². The first-order chi connectivity index (χ1) is 11.2. The molecule has 0 radical (unpaired) electrons. The molecule has 7 heteroatoms. The van der Waals surface area contributed by atoms with E-state index in [2.05, 4.69) is 15.3 Å². The largest absolute Gasteiger partial charge is 0.379 e. The quantitative estimate of drug-likeness (QED) is 0.869. The summed E-state index contributed by atoms with van der Waals surface area (Å²) in [4.78, 5) is 14.3. The van der Waals surface area contributed by atoms with Gasteiger partial charge >= 0.3 is 0 Å². The molecule has 2 aromatic rings. The Morgan fingerprint density at radius 2 is 2.13 bits per heavy atom. The topological polar surface area (TPSA) is 59.4 Å². The first kappa shape index (κ1) is 16.2. The van der Waals surface area contributed by atoms with Gasteiger partial charge in [0.25, 0.3) is 0 Å². The van der Waals surface area contributed by atoms with E-state index < -0.39 is 0 Å². The van der Waals surface area contributed by atoms with Crippen molar-refractivity contribution in [2.75, 3.05) is 39.4 Å². The summed E-state index contributed by atoms with van der Waals surface area (Å²) < 4.78 is 7.12. The van der Waals surface area contributed by atoms with E-state index in [1.165, 1.54) is 0 Å². The number of halogens is 1. The molecule has 0 unspecified atom stereocenters. The Kier molecular flexibility index (Phi) is 5.48. The first-order valence-electron chi connectivity index (χ1n) is 7.91. The number of nitrogens with one attached hydrogen (secondary N) is 1. The molecule has 0 atom stereocenters. The van der Waals surface area contributed by atoms with Gasteiger partial charge < -0.3 is 10.1 Å². The van der Waals surface area contributed by atoms with Crippen molar-refractivity contribution in [2.24, 2.45) is 0 Å². The summed E-state index contributed by atoms with van der Waals surface area (Å²) in [6.45, 7) is 5.53. The van der Waals surface area contributed by atoms with Gasteiger partial charge in [-0.1, -0.05) is 17.7 Å². The number of morpholine rings is 1. The third kappa shape index (κ3) is 4.22. The molecule has 1 aromatic heterocycles. The lowest BCUT2D eigenvalue weighted by atomic mass is 10.2. The number of aromatic nitrogens is 2. The minimum Gasteiger partial charge on any atom is -0.379 e. The van der Waals surface area contributed by atoms with Crippen LogP contribution in [0.3, 0.4) is 0 Å². The molecule has 1 amide bonds. The van der Waals surface area contributed by atoms with Crippen LogP contribution in [0.5, 0.6) is 0 Å². The molecular weight excluding hydrogens is 316 g/mol. The third-order valence-electron chi connectivity index (χ3n) is 4.04. The first-order valence-corrected chi connectivity index (χ1v) is 8.28. The second kappa shape index (κ2) is 7.77. The van der Waals surface area contributed by atoms with Crippen molar-refractivity contribution in [2.45, 2.75) is 13.0 Å². The Morgan fingerprint density at radius 3 is 2.96 bits per heavy atom. The van der Waals surface area contributed by atoms with Crippen LogP contribution in [0.1, 0.15) is 6.42 Å². The maximum atomic E-state index is 12.0. The lowest BCUT2D eigenvalue weighted by Gasteiger charge is -2.26. The van der Waals surface area contributed by atoms with Gasteiger partial charge in [0, 0.05) is 38.0 Å². The molecule has 1 aliphatic rings. The van der Waals surface area contributed by atoms with E-state index in [9.17, 15) is 4.79 Å². The molecular formula is C16H21ClN4O2. The van der Waals surface area contributed by atoms with Gasteiger partial charge in [-0.05, 0) is 12.1 Å². The Bertz CT molecular complexity index is 667. The van der Waals surface area contributed by atoms with Crippen LogP contribution in [-0.4, -0.2) is 60.0 Å². The standard InChI is InChI=1S/C16H21ClN4O2/c17-14-2-1-3-15-13(14)12-19-21(15)6-4-16(22)18-5-7-20-8-10-23-11-9-20/h1-3,12H,4-11H2,(H,18,22). The highest BCUT2D eigenvalue weighted by molar-refractivity contribution is 6.35. The number of aryl methyl sites for hydroxylation is 1. The van der Waals surface area contributed by atoms with Crippen LogP contribution in [-0.2, 0) is 16.1 Å². The smallest absolute Gasteiger partial charge is 0.221 e. The zero-order valence-corrected chi connectivity index (χ0v) is 13.8. The maximum Gasteiger partial charge on any atom is 0.221 e. The maximum absolute atomic E-state index is 12.0. The second-order valence-electron chi connectivity index (χ2n) is 5.59. The average Bonchev–Trinajstić information content (AvgIpc) is 2.98. The number of rotatable bonds is 6. The van der Waals surface area contributed by atoms with Crippen LogP contribution < -0.4 is 5.32 Å². The van der Waals surface area contributed by atoms with Gasteiger partial charge in [-0.15, -0.1) is 0 Å². The summed E-state index contributed by atoms with van der Waals surface area (Å²) in [5.41, 5.74) is 0.957. The summed E-state index contributed by atoms with van der Waals surface area (Å²) in [5.74, 6) is 0.0453. The molecule has 3 rings (SSSR count). The summed E-state index contributed by atoms with van der Waals surface area (Å²) in [5, 5.41) is 8.88. The normalized spacial score (nSPS) is 15.9. The van der Waals surface area contributed by atoms with Crippen molar-refractivity contribution < 1.29 is 9.53 Å². The van der Waals surface area contributed by atoms with E-state index in [0.717, 1.165) is 43.8 Å². The molecule has 0 bridgehead atoms. The number of hydrogen-bond acceptors (Lipinski definition) is 4. The molecule has 6 nitrogen and oxygen atoms in total. The number of ether oxygens (including phenoxy) is 1. The lowest BCUT2D eigenvalue weighted by Crippen LogP contribution is -2.41. The van der Waals surface area contributed by atoms with Crippen LogP contribution in [0.25, 0.3) is 10.9 Å².